The van der Waals surface area contributed by atoms with Gasteiger partial charge < -0.3 is 14.8 Å². The fourth-order valence-electron chi connectivity index (χ4n) is 3.65. The molecule has 1 aromatic heterocycles. The van der Waals surface area contributed by atoms with Crippen molar-refractivity contribution >= 4 is 28.8 Å². The highest BCUT2D eigenvalue weighted by Gasteiger charge is 2.27. The molecule has 0 saturated carbocycles. The monoisotopic (exact) mass is 469 g/mol. The number of hydrogen-bond acceptors (Lipinski definition) is 7. The summed E-state index contributed by atoms with van der Waals surface area (Å²) in [6.07, 6.45) is 1.44. The molecular formula is C25H19N5O5. The summed E-state index contributed by atoms with van der Waals surface area (Å²) in [6.45, 7) is 0.148. The molecule has 1 atom stereocenters. The topological polar surface area (TPSA) is 135 Å². The van der Waals surface area contributed by atoms with Crippen LogP contribution in [0.1, 0.15) is 27.7 Å². The van der Waals surface area contributed by atoms with Gasteiger partial charge in [-0.15, -0.1) is 0 Å². The first-order valence-corrected chi connectivity index (χ1v) is 10.7. The van der Waals surface area contributed by atoms with Crippen LogP contribution in [0, 0.1) is 0 Å². The number of nitrogens with zero attached hydrogens (tertiary/aromatic N) is 2. The van der Waals surface area contributed by atoms with Gasteiger partial charge in [0.05, 0.1) is 11.6 Å². The lowest BCUT2D eigenvalue weighted by molar-refractivity contribution is -0.123. The lowest BCUT2D eigenvalue weighted by atomic mass is 10.0. The molecule has 4 aromatic rings. The highest BCUT2D eigenvalue weighted by atomic mass is 16.7. The van der Waals surface area contributed by atoms with E-state index in [1.54, 1.807) is 72.8 Å². The first kappa shape index (κ1) is 21.8. The number of H-pyrrole nitrogens is 1. The number of aromatic nitrogens is 2. The second-order valence-corrected chi connectivity index (χ2v) is 7.60. The van der Waals surface area contributed by atoms with Crippen molar-refractivity contribution in [1.82, 2.24) is 20.9 Å². The number of carbonyl (C=O) groups excluding carboxylic acids is 2. The van der Waals surface area contributed by atoms with E-state index >= 15 is 0 Å². The number of hydrogen-bond donors (Lipinski definition) is 3. The predicted molar refractivity (Wildman–Crippen MR) is 127 cm³/mol. The maximum atomic E-state index is 13.2. The number of ether oxygens (including phenoxy) is 2. The normalized spacial score (nSPS) is 13.0. The number of nitrogens with one attached hydrogen (secondary N) is 3. The van der Waals surface area contributed by atoms with E-state index in [9.17, 15) is 14.4 Å². The van der Waals surface area contributed by atoms with Gasteiger partial charge >= 0.3 is 0 Å². The zero-order chi connectivity index (χ0) is 24.2. The first-order chi connectivity index (χ1) is 17.1. The Balaban J connectivity index is 1.44. The van der Waals surface area contributed by atoms with Crippen molar-refractivity contribution in [2.75, 3.05) is 6.79 Å². The molecule has 3 N–H and O–H groups in total. The minimum atomic E-state index is -1.24. The minimum Gasteiger partial charge on any atom is -0.454 e. The molecule has 0 aliphatic carbocycles. The zero-order valence-corrected chi connectivity index (χ0v) is 18.2. The average molecular weight is 469 g/mol. The largest absolute Gasteiger partial charge is 0.454 e. The third-order valence-corrected chi connectivity index (χ3v) is 5.36. The van der Waals surface area contributed by atoms with E-state index in [-0.39, 0.29) is 12.5 Å². The van der Waals surface area contributed by atoms with Gasteiger partial charge in [0, 0.05) is 10.9 Å². The van der Waals surface area contributed by atoms with Crippen molar-refractivity contribution in [3.05, 3.63) is 100.0 Å². The molecule has 0 bridgehead atoms. The summed E-state index contributed by atoms with van der Waals surface area (Å²) in [5, 5.41) is 14.0. The van der Waals surface area contributed by atoms with E-state index in [1.807, 2.05) is 0 Å². The molecule has 10 heteroatoms. The Hall–Kier alpha value is -4.99. The molecule has 1 aliphatic rings. The summed E-state index contributed by atoms with van der Waals surface area (Å²) in [5.74, 6) is 0.0849. The van der Waals surface area contributed by atoms with Crippen LogP contribution in [0.15, 0.2) is 82.7 Å². The van der Waals surface area contributed by atoms with Crippen LogP contribution in [0.2, 0.25) is 0 Å². The Morgan fingerprint density at radius 2 is 1.71 bits per heavy atom. The Kier molecular flexibility index (Phi) is 5.91. The Morgan fingerprint density at radius 3 is 2.54 bits per heavy atom. The number of aromatic amines is 1. The van der Waals surface area contributed by atoms with E-state index in [4.69, 9.17) is 9.47 Å². The molecule has 2 heterocycles. The van der Waals surface area contributed by atoms with Gasteiger partial charge in [-0.2, -0.15) is 10.2 Å². The van der Waals surface area contributed by atoms with Crippen LogP contribution in [0.4, 0.5) is 0 Å². The van der Waals surface area contributed by atoms with Gasteiger partial charge in [0.2, 0.25) is 6.79 Å². The van der Waals surface area contributed by atoms with Crippen LogP contribution in [0.3, 0.4) is 0 Å². The van der Waals surface area contributed by atoms with Crippen molar-refractivity contribution < 1.29 is 19.1 Å². The molecule has 10 nitrogen and oxygen atoms in total. The molecule has 35 heavy (non-hydrogen) atoms. The Morgan fingerprint density at radius 1 is 0.971 bits per heavy atom. The summed E-state index contributed by atoms with van der Waals surface area (Å²) in [5.41, 5.74) is 3.26. The Labute approximate surface area is 198 Å². The number of amides is 2. The number of carbonyl (C=O) groups is 2. The summed E-state index contributed by atoms with van der Waals surface area (Å²) in [7, 11) is 0. The van der Waals surface area contributed by atoms with Crippen LogP contribution < -0.4 is 25.8 Å². The molecule has 2 amide bonds. The third-order valence-electron chi connectivity index (χ3n) is 5.36. The van der Waals surface area contributed by atoms with Gasteiger partial charge in [0.25, 0.3) is 17.4 Å². The molecule has 5 rings (SSSR count). The second kappa shape index (κ2) is 9.48. The number of fused-ring (bicyclic) bond motifs is 2. The van der Waals surface area contributed by atoms with Crippen LogP contribution in [-0.2, 0) is 4.79 Å². The van der Waals surface area contributed by atoms with E-state index in [2.05, 4.69) is 26.0 Å². The second-order valence-electron chi connectivity index (χ2n) is 7.60. The van der Waals surface area contributed by atoms with E-state index in [0.717, 1.165) is 0 Å². The van der Waals surface area contributed by atoms with Crippen LogP contribution in [-0.4, -0.2) is 35.0 Å². The zero-order valence-electron chi connectivity index (χ0n) is 18.2. The molecule has 0 fully saturated rings. The van der Waals surface area contributed by atoms with E-state index in [0.29, 0.717) is 33.4 Å². The van der Waals surface area contributed by atoms with Crippen molar-refractivity contribution in [2.45, 2.75) is 6.04 Å². The van der Waals surface area contributed by atoms with Crippen LogP contribution in [0.5, 0.6) is 11.5 Å². The lowest BCUT2D eigenvalue weighted by Crippen LogP contribution is -2.40. The van der Waals surface area contributed by atoms with Gasteiger partial charge in [-0.25, -0.2) is 10.5 Å². The van der Waals surface area contributed by atoms with Gasteiger partial charge in [0.1, 0.15) is 5.69 Å². The SMILES string of the molecule is O=C(N[C@@H](C(=O)N/N=C\c1ccc2c(c1)OCO2)c1n[nH]c(=O)c2ccccc12)c1ccccc1. The molecule has 3 aromatic carbocycles. The standard InChI is InChI=1S/C25H19N5O5/c31-23(16-6-2-1-3-7-16)27-22(21-17-8-4-5-9-18(17)24(32)30-28-21)25(33)29-26-13-15-10-11-19-20(12-15)35-14-34-19/h1-13,22H,14H2,(H,27,31)(H,29,33)(H,30,32)/b26-13-/t22-/m1/s1. The number of rotatable bonds is 6. The molecule has 0 saturated heterocycles. The molecule has 0 spiro atoms. The molecular weight excluding hydrogens is 450 g/mol. The average Bonchev–Trinajstić information content (AvgIpc) is 3.36. The van der Waals surface area contributed by atoms with Crippen molar-refractivity contribution in [3.63, 3.8) is 0 Å². The molecule has 174 valence electrons. The molecule has 0 unspecified atom stereocenters. The van der Waals surface area contributed by atoms with E-state index in [1.165, 1.54) is 6.21 Å². The first-order valence-electron chi connectivity index (χ1n) is 10.7. The molecule has 1 aliphatic heterocycles. The maximum absolute atomic E-state index is 13.2. The fraction of sp³-hybridized carbons (Fsp3) is 0.0800. The van der Waals surface area contributed by atoms with Crippen LogP contribution >= 0.6 is 0 Å². The van der Waals surface area contributed by atoms with Gasteiger partial charge in [-0.05, 0) is 42.0 Å². The summed E-state index contributed by atoms with van der Waals surface area (Å²) >= 11 is 0. The smallest absolute Gasteiger partial charge is 0.272 e. The van der Waals surface area contributed by atoms with Gasteiger partial charge in [0.15, 0.2) is 17.5 Å². The number of hydrazone groups is 1. The highest BCUT2D eigenvalue weighted by molar-refractivity contribution is 5.99. The quantitative estimate of drug-likeness (QED) is 0.293. The predicted octanol–water partition coefficient (Wildman–Crippen LogP) is 2.27. The third kappa shape index (κ3) is 4.58. The lowest BCUT2D eigenvalue weighted by Gasteiger charge is -2.18. The van der Waals surface area contributed by atoms with Crippen molar-refractivity contribution in [3.8, 4) is 11.5 Å². The minimum absolute atomic E-state index is 0.148. The number of benzene rings is 3. The van der Waals surface area contributed by atoms with E-state index < -0.39 is 23.4 Å². The van der Waals surface area contributed by atoms with Crippen LogP contribution in [0.25, 0.3) is 10.8 Å². The fourth-order valence-corrected chi connectivity index (χ4v) is 3.65. The van der Waals surface area contributed by atoms with Gasteiger partial charge in [-0.3, -0.25) is 14.4 Å². The summed E-state index contributed by atoms with van der Waals surface area (Å²) < 4.78 is 10.6. The Bertz CT molecular complexity index is 1500. The summed E-state index contributed by atoms with van der Waals surface area (Å²) in [6, 6.07) is 19.2. The molecule has 0 radical (unpaired) electrons. The van der Waals surface area contributed by atoms with Crippen molar-refractivity contribution in [1.29, 1.82) is 0 Å². The maximum Gasteiger partial charge on any atom is 0.272 e. The summed E-state index contributed by atoms with van der Waals surface area (Å²) in [4.78, 5) is 38.3. The highest BCUT2D eigenvalue weighted by Crippen LogP contribution is 2.32. The van der Waals surface area contributed by atoms with Gasteiger partial charge in [-0.1, -0.05) is 36.4 Å². The van der Waals surface area contributed by atoms with Crippen molar-refractivity contribution in [2.24, 2.45) is 5.10 Å².